The second kappa shape index (κ2) is 8.31. The van der Waals surface area contributed by atoms with Gasteiger partial charge in [0.15, 0.2) is 0 Å². The summed E-state index contributed by atoms with van der Waals surface area (Å²) in [5, 5.41) is 3.23. The number of amides is 1. The van der Waals surface area contributed by atoms with Crippen LogP contribution >= 0.6 is 11.8 Å². The Morgan fingerprint density at radius 2 is 1.97 bits per heavy atom. The first-order valence-electron chi connectivity index (χ1n) is 9.10. The first kappa shape index (κ1) is 20.7. The van der Waals surface area contributed by atoms with Crippen LogP contribution in [0, 0.1) is 0 Å². The number of nitrogens with one attached hydrogen (secondary N) is 2. The summed E-state index contributed by atoms with van der Waals surface area (Å²) in [6.45, 7) is 0. The quantitative estimate of drug-likeness (QED) is 0.373. The molecule has 0 aliphatic heterocycles. The molecular weight excluding hydrogens is 427 g/mol. The van der Waals surface area contributed by atoms with Crippen LogP contribution < -0.4 is 11.1 Å². The molecule has 2 heterocycles. The Morgan fingerprint density at radius 3 is 2.74 bits per heavy atom. The average Bonchev–Trinajstić information content (AvgIpc) is 3.17. The number of aromatic amines is 1. The highest BCUT2D eigenvalue weighted by Gasteiger charge is 2.30. The van der Waals surface area contributed by atoms with Crippen molar-refractivity contribution in [1.29, 1.82) is 0 Å². The van der Waals surface area contributed by atoms with Crippen molar-refractivity contribution in [3.8, 4) is 0 Å². The summed E-state index contributed by atoms with van der Waals surface area (Å²) < 4.78 is 38.9. The van der Waals surface area contributed by atoms with Crippen molar-refractivity contribution in [2.24, 2.45) is 0 Å². The van der Waals surface area contributed by atoms with E-state index in [1.807, 2.05) is 18.2 Å². The van der Waals surface area contributed by atoms with Gasteiger partial charge in [-0.3, -0.25) is 4.79 Å². The summed E-state index contributed by atoms with van der Waals surface area (Å²) in [6.07, 6.45) is -1.38. The lowest BCUT2D eigenvalue weighted by molar-refractivity contribution is -0.137. The molecular formula is C21H16F3N5OS. The van der Waals surface area contributed by atoms with Crippen LogP contribution in [-0.4, -0.2) is 20.9 Å². The number of nitrogen functional groups attached to an aromatic ring is 1. The van der Waals surface area contributed by atoms with Crippen LogP contribution in [0.25, 0.3) is 10.9 Å². The van der Waals surface area contributed by atoms with Crippen molar-refractivity contribution < 1.29 is 18.0 Å². The number of hydrogen-bond donors (Lipinski definition) is 3. The van der Waals surface area contributed by atoms with E-state index in [0.29, 0.717) is 16.7 Å². The van der Waals surface area contributed by atoms with Gasteiger partial charge >= 0.3 is 6.18 Å². The highest BCUT2D eigenvalue weighted by Crippen LogP contribution is 2.34. The molecule has 10 heteroatoms. The number of nitrogens with zero attached hydrogens (tertiary/aromatic N) is 2. The molecule has 0 unspecified atom stereocenters. The maximum absolute atomic E-state index is 13.0. The lowest BCUT2D eigenvalue weighted by atomic mass is 10.1. The minimum atomic E-state index is -4.49. The number of hydrogen-bond acceptors (Lipinski definition) is 5. The first-order valence-corrected chi connectivity index (χ1v) is 10.1. The van der Waals surface area contributed by atoms with Crippen molar-refractivity contribution in [3.05, 3.63) is 77.7 Å². The second-order valence-electron chi connectivity index (χ2n) is 6.61. The van der Waals surface area contributed by atoms with Gasteiger partial charge in [0.2, 0.25) is 5.95 Å². The van der Waals surface area contributed by atoms with E-state index in [1.54, 1.807) is 18.5 Å². The van der Waals surface area contributed by atoms with Gasteiger partial charge in [0.25, 0.3) is 5.91 Å². The SMILES string of the molecule is Nc1nccc(CSc2cccc3[nH]cc(C(=O)Nc4cccc(C(F)(F)F)c4)c23)n1. The Balaban J connectivity index is 1.60. The Morgan fingerprint density at radius 1 is 1.16 bits per heavy atom. The molecule has 0 aliphatic carbocycles. The van der Waals surface area contributed by atoms with Crippen LogP contribution in [0.5, 0.6) is 0 Å². The lowest BCUT2D eigenvalue weighted by Crippen LogP contribution is -2.13. The number of alkyl halides is 3. The maximum Gasteiger partial charge on any atom is 0.416 e. The van der Waals surface area contributed by atoms with Gasteiger partial charge in [-0.15, -0.1) is 11.8 Å². The molecule has 158 valence electrons. The molecule has 2 aromatic heterocycles. The van der Waals surface area contributed by atoms with Gasteiger partial charge in [-0.1, -0.05) is 12.1 Å². The summed E-state index contributed by atoms with van der Waals surface area (Å²) in [4.78, 5) is 24.8. The average molecular weight is 443 g/mol. The fourth-order valence-electron chi connectivity index (χ4n) is 3.07. The number of aromatic nitrogens is 3. The van der Waals surface area contributed by atoms with E-state index in [1.165, 1.54) is 23.9 Å². The Hall–Kier alpha value is -3.53. The van der Waals surface area contributed by atoms with E-state index < -0.39 is 17.6 Å². The molecule has 6 nitrogen and oxygen atoms in total. The van der Waals surface area contributed by atoms with Crippen LogP contribution in [-0.2, 0) is 11.9 Å². The zero-order valence-corrected chi connectivity index (χ0v) is 16.7. The van der Waals surface area contributed by atoms with Crippen molar-refractivity contribution >= 4 is 40.2 Å². The smallest absolute Gasteiger partial charge is 0.368 e. The number of carbonyl (C=O) groups is 1. The molecule has 4 rings (SSSR count). The lowest BCUT2D eigenvalue weighted by Gasteiger charge is -2.10. The summed E-state index contributed by atoms with van der Waals surface area (Å²) in [6, 6.07) is 11.8. The molecule has 0 bridgehead atoms. The second-order valence-corrected chi connectivity index (χ2v) is 7.63. The highest BCUT2D eigenvalue weighted by atomic mass is 32.2. The predicted molar refractivity (Wildman–Crippen MR) is 114 cm³/mol. The number of halogens is 3. The number of H-pyrrole nitrogens is 1. The standard InChI is InChI=1S/C21H16F3N5OS/c22-21(23,24)12-3-1-4-13(9-12)28-19(30)15-10-27-16-5-2-6-17(18(15)16)31-11-14-7-8-26-20(25)29-14/h1-10,27H,11H2,(H,28,30)(H2,25,26,29). The molecule has 2 aromatic carbocycles. The number of carbonyl (C=O) groups excluding carboxylic acids is 1. The summed E-state index contributed by atoms with van der Waals surface area (Å²) >= 11 is 1.47. The van der Waals surface area contributed by atoms with Gasteiger partial charge in [0.1, 0.15) is 0 Å². The van der Waals surface area contributed by atoms with E-state index in [9.17, 15) is 18.0 Å². The normalized spacial score (nSPS) is 11.6. The predicted octanol–water partition coefficient (Wildman–Crippen LogP) is 5.10. The minimum absolute atomic E-state index is 0.0655. The summed E-state index contributed by atoms with van der Waals surface area (Å²) in [5.41, 5.74) is 6.66. The van der Waals surface area contributed by atoms with Gasteiger partial charge in [-0.05, 0) is 36.4 Å². The first-order chi connectivity index (χ1) is 14.8. The van der Waals surface area contributed by atoms with E-state index in [4.69, 9.17) is 5.73 Å². The summed E-state index contributed by atoms with van der Waals surface area (Å²) in [7, 11) is 0. The van der Waals surface area contributed by atoms with Crippen LogP contribution in [0.1, 0.15) is 21.6 Å². The molecule has 31 heavy (non-hydrogen) atoms. The summed E-state index contributed by atoms with van der Waals surface area (Å²) in [5.74, 6) is 0.176. The number of thioether (sulfide) groups is 1. The van der Waals surface area contributed by atoms with Crippen LogP contribution in [0.15, 0.2) is 65.8 Å². The molecule has 0 radical (unpaired) electrons. The Kier molecular flexibility index (Phi) is 5.55. The fraction of sp³-hybridized carbons (Fsp3) is 0.0952. The van der Waals surface area contributed by atoms with Gasteiger partial charge in [0, 0.05) is 39.6 Å². The Labute approximate surface area is 179 Å². The Bertz CT molecular complexity index is 1260. The molecule has 4 aromatic rings. The molecule has 0 aliphatic rings. The van der Waals surface area contributed by atoms with Crippen molar-refractivity contribution in [2.45, 2.75) is 16.8 Å². The van der Waals surface area contributed by atoms with E-state index >= 15 is 0 Å². The molecule has 0 spiro atoms. The molecule has 1 amide bonds. The largest absolute Gasteiger partial charge is 0.416 e. The maximum atomic E-state index is 13.0. The molecule has 0 saturated heterocycles. The zero-order chi connectivity index (χ0) is 22.0. The van der Waals surface area contributed by atoms with Crippen LogP contribution in [0.3, 0.4) is 0 Å². The topological polar surface area (TPSA) is 96.7 Å². The number of benzene rings is 2. The molecule has 0 saturated carbocycles. The highest BCUT2D eigenvalue weighted by molar-refractivity contribution is 7.98. The van der Waals surface area contributed by atoms with Crippen molar-refractivity contribution in [2.75, 3.05) is 11.1 Å². The number of rotatable bonds is 5. The van der Waals surface area contributed by atoms with E-state index in [2.05, 4.69) is 20.3 Å². The zero-order valence-electron chi connectivity index (χ0n) is 15.9. The molecule has 4 N–H and O–H groups in total. The van der Waals surface area contributed by atoms with Crippen molar-refractivity contribution in [1.82, 2.24) is 15.0 Å². The third-order valence-corrected chi connectivity index (χ3v) is 5.56. The monoisotopic (exact) mass is 443 g/mol. The van der Waals surface area contributed by atoms with E-state index in [-0.39, 0.29) is 11.6 Å². The van der Waals surface area contributed by atoms with Gasteiger partial charge < -0.3 is 16.0 Å². The van der Waals surface area contributed by atoms with Gasteiger partial charge in [-0.25, -0.2) is 9.97 Å². The van der Waals surface area contributed by atoms with Crippen molar-refractivity contribution in [3.63, 3.8) is 0 Å². The number of nitrogens with two attached hydrogens (primary N) is 1. The van der Waals surface area contributed by atoms with Gasteiger partial charge in [0.05, 0.1) is 16.8 Å². The van der Waals surface area contributed by atoms with Crippen LogP contribution in [0.4, 0.5) is 24.8 Å². The number of fused-ring (bicyclic) bond motifs is 1. The van der Waals surface area contributed by atoms with Crippen LogP contribution in [0.2, 0.25) is 0 Å². The van der Waals surface area contributed by atoms with Gasteiger partial charge in [-0.2, -0.15) is 13.2 Å². The minimum Gasteiger partial charge on any atom is -0.368 e. The third kappa shape index (κ3) is 4.64. The van der Waals surface area contributed by atoms with E-state index in [0.717, 1.165) is 28.2 Å². The number of anilines is 2. The molecule has 0 atom stereocenters. The fourth-order valence-corrected chi connectivity index (χ4v) is 4.07. The molecule has 0 fully saturated rings. The third-order valence-electron chi connectivity index (χ3n) is 4.47.